The van der Waals surface area contributed by atoms with Crippen LogP contribution in [0.2, 0.25) is 0 Å². The summed E-state index contributed by atoms with van der Waals surface area (Å²) < 4.78 is 5.25. The highest BCUT2D eigenvalue weighted by molar-refractivity contribution is 5.94. The molecule has 7 nitrogen and oxygen atoms in total. The lowest BCUT2D eigenvalue weighted by molar-refractivity contribution is -0.141. The fourth-order valence-corrected chi connectivity index (χ4v) is 2.60. The van der Waals surface area contributed by atoms with Crippen molar-refractivity contribution < 1.29 is 19.4 Å². The lowest BCUT2D eigenvalue weighted by Gasteiger charge is -2.16. The summed E-state index contributed by atoms with van der Waals surface area (Å²) in [7, 11) is 1.59. The molecule has 0 radical (unpaired) electrons. The second-order valence-corrected chi connectivity index (χ2v) is 6.09. The van der Waals surface area contributed by atoms with Crippen LogP contribution in [0.5, 0.6) is 5.75 Å². The number of anilines is 2. The number of hydrogen-bond acceptors (Lipinski definition) is 5. The Bertz CT molecular complexity index is 779. The normalized spacial score (nSPS) is 11.5. The number of para-hydroxylation sites is 2. The number of ether oxygens (including phenoxy) is 1. The van der Waals surface area contributed by atoms with Crippen LogP contribution >= 0.6 is 0 Å². The lowest BCUT2D eigenvalue weighted by Crippen LogP contribution is -2.41. The van der Waals surface area contributed by atoms with Crippen LogP contribution in [0, 0.1) is 6.92 Å². The zero-order valence-corrected chi connectivity index (χ0v) is 15.5. The molecule has 2 aromatic rings. The third-order valence-electron chi connectivity index (χ3n) is 3.93. The van der Waals surface area contributed by atoms with E-state index in [1.807, 2.05) is 49.4 Å². The van der Waals surface area contributed by atoms with Crippen LogP contribution in [0.4, 0.5) is 11.4 Å². The molecule has 2 rings (SSSR count). The van der Waals surface area contributed by atoms with Crippen LogP contribution in [0.25, 0.3) is 0 Å². The summed E-state index contributed by atoms with van der Waals surface area (Å²) in [6.07, 6.45) is -0.155. The molecule has 4 N–H and O–H groups in total. The quantitative estimate of drug-likeness (QED) is 0.479. The Balaban J connectivity index is 1.81. The molecule has 0 aliphatic carbocycles. The van der Waals surface area contributed by atoms with E-state index in [1.54, 1.807) is 13.2 Å². The van der Waals surface area contributed by atoms with E-state index >= 15 is 0 Å². The van der Waals surface area contributed by atoms with Gasteiger partial charge in [0.2, 0.25) is 5.91 Å². The zero-order chi connectivity index (χ0) is 19.6. The van der Waals surface area contributed by atoms with Crippen molar-refractivity contribution in [2.75, 3.05) is 30.8 Å². The number of methoxy groups -OCH3 is 1. The molecule has 27 heavy (non-hydrogen) atoms. The molecule has 0 heterocycles. The van der Waals surface area contributed by atoms with Gasteiger partial charge >= 0.3 is 5.97 Å². The molecule has 0 aliphatic rings. The van der Waals surface area contributed by atoms with Gasteiger partial charge in [0.05, 0.1) is 19.2 Å². The molecule has 0 bridgehead atoms. The molecule has 0 spiro atoms. The molecule has 1 amide bonds. The first-order valence-electron chi connectivity index (χ1n) is 8.69. The van der Waals surface area contributed by atoms with Gasteiger partial charge in [0, 0.05) is 18.8 Å². The number of aliphatic carboxylic acids is 1. The van der Waals surface area contributed by atoms with E-state index in [1.165, 1.54) is 0 Å². The van der Waals surface area contributed by atoms with E-state index < -0.39 is 12.0 Å². The summed E-state index contributed by atoms with van der Waals surface area (Å²) in [4.78, 5) is 23.6. The van der Waals surface area contributed by atoms with Gasteiger partial charge in [0.15, 0.2) is 0 Å². The van der Waals surface area contributed by atoms with Gasteiger partial charge in [-0.2, -0.15) is 0 Å². The first kappa shape index (κ1) is 20.3. The number of rotatable bonds is 10. The standard InChI is InChI=1S/C20H25N3O4/c1-14-6-5-7-15(12-14)23-19(24)13-17(20(25)26)22-11-10-21-16-8-3-4-9-18(16)27-2/h3-9,12,17,21-22H,10-11,13H2,1-2H3,(H,23,24)(H,25,26). The minimum atomic E-state index is -1.06. The van der Waals surface area contributed by atoms with Gasteiger partial charge in [-0.3, -0.25) is 9.59 Å². The van der Waals surface area contributed by atoms with Crippen LogP contribution in [0.1, 0.15) is 12.0 Å². The molecule has 1 unspecified atom stereocenters. The first-order valence-corrected chi connectivity index (χ1v) is 8.69. The van der Waals surface area contributed by atoms with Crippen molar-refractivity contribution in [1.29, 1.82) is 0 Å². The smallest absolute Gasteiger partial charge is 0.321 e. The van der Waals surface area contributed by atoms with Crippen molar-refractivity contribution in [1.82, 2.24) is 5.32 Å². The molecule has 0 saturated heterocycles. The number of carboxylic acids is 1. The first-order chi connectivity index (χ1) is 13.0. The van der Waals surface area contributed by atoms with Crippen molar-refractivity contribution in [2.24, 2.45) is 0 Å². The molecular formula is C20H25N3O4. The summed E-state index contributed by atoms with van der Waals surface area (Å²) in [5.74, 6) is -0.699. The Kier molecular flexibility index (Phi) is 7.63. The fourth-order valence-electron chi connectivity index (χ4n) is 2.60. The molecule has 1 atom stereocenters. The molecule has 0 saturated carbocycles. The summed E-state index contributed by atoms with van der Waals surface area (Å²) in [6, 6.07) is 13.9. The van der Waals surface area contributed by atoms with E-state index in [-0.39, 0.29) is 12.3 Å². The summed E-state index contributed by atoms with van der Waals surface area (Å²) in [6.45, 7) is 2.79. The summed E-state index contributed by atoms with van der Waals surface area (Å²) in [5, 5.41) is 18.1. The van der Waals surface area contributed by atoms with Gasteiger partial charge in [0.25, 0.3) is 0 Å². The molecule has 2 aromatic carbocycles. The Morgan fingerprint density at radius 1 is 1.11 bits per heavy atom. The Hall–Kier alpha value is -3.06. The minimum Gasteiger partial charge on any atom is -0.495 e. The number of hydrogen-bond donors (Lipinski definition) is 4. The van der Waals surface area contributed by atoms with Crippen molar-refractivity contribution in [3.05, 3.63) is 54.1 Å². The Labute approximate surface area is 158 Å². The Morgan fingerprint density at radius 3 is 2.59 bits per heavy atom. The van der Waals surface area contributed by atoms with Gasteiger partial charge in [-0.1, -0.05) is 24.3 Å². The number of carbonyl (C=O) groups is 2. The second-order valence-electron chi connectivity index (χ2n) is 6.09. The number of nitrogens with one attached hydrogen (secondary N) is 3. The molecule has 0 aliphatic heterocycles. The van der Waals surface area contributed by atoms with E-state index in [9.17, 15) is 14.7 Å². The molecule has 0 aromatic heterocycles. The van der Waals surface area contributed by atoms with Crippen LogP contribution in [0.3, 0.4) is 0 Å². The van der Waals surface area contributed by atoms with Crippen LogP contribution in [0.15, 0.2) is 48.5 Å². The fraction of sp³-hybridized carbons (Fsp3) is 0.300. The average Bonchev–Trinajstić information content (AvgIpc) is 2.64. The highest BCUT2D eigenvalue weighted by Gasteiger charge is 2.20. The maximum absolute atomic E-state index is 12.1. The van der Waals surface area contributed by atoms with Crippen molar-refractivity contribution in [2.45, 2.75) is 19.4 Å². The van der Waals surface area contributed by atoms with E-state index in [4.69, 9.17) is 4.74 Å². The van der Waals surface area contributed by atoms with Gasteiger partial charge in [0.1, 0.15) is 11.8 Å². The SMILES string of the molecule is COc1ccccc1NCCNC(CC(=O)Nc1cccc(C)c1)C(=O)O. The predicted octanol–water partition coefficient (Wildman–Crippen LogP) is 2.49. The monoisotopic (exact) mass is 371 g/mol. The van der Waals surface area contributed by atoms with Crippen molar-refractivity contribution >= 4 is 23.3 Å². The number of benzene rings is 2. The topological polar surface area (TPSA) is 99.7 Å². The minimum absolute atomic E-state index is 0.155. The summed E-state index contributed by atoms with van der Waals surface area (Å²) in [5.41, 5.74) is 2.50. The zero-order valence-electron chi connectivity index (χ0n) is 15.5. The Morgan fingerprint density at radius 2 is 1.89 bits per heavy atom. The number of carbonyl (C=O) groups excluding carboxylic acids is 1. The highest BCUT2D eigenvalue weighted by Crippen LogP contribution is 2.22. The second kappa shape index (κ2) is 10.2. The number of amides is 1. The van der Waals surface area contributed by atoms with Gasteiger partial charge in [-0.25, -0.2) is 0 Å². The van der Waals surface area contributed by atoms with Gasteiger partial charge in [-0.05, 0) is 36.8 Å². The van der Waals surface area contributed by atoms with Crippen LogP contribution in [-0.2, 0) is 9.59 Å². The average molecular weight is 371 g/mol. The lowest BCUT2D eigenvalue weighted by atomic mass is 10.1. The predicted molar refractivity (Wildman–Crippen MR) is 105 cm³/mol. The number of carboxylic acid groups (broad SMARTS) is 1. The largest absolute Gasteiger partial charge is 0.495 e. The van der Waals surface area contributed by atoms with Gasteiger partial charge < -0.3 is 25.8 Å². The maximum atomic E-state index is 12.1. The molecule has 144 valence electrons. The van der Waals surface area contributed by atoms with Gasteiger partial charge in [-0.15, -0.1) is 0 Å². The molecule has 7 heteroatoms. The van der Waals surface area contributed by atoms with E-state index in [2.05, 4.69) is 16.0 Å². The summed E-state index contributed by atoms with van der Waals surface area (Å²) >= 11 is 0. The van der Waals surface area contributed by atoms with Crippen LogP contribution < -0.4 is 20.7 Å². The highest BCUT2D eigenvalue weighted by atomic mass is 16.5. The maximum Gasteiger partial charge on any atom is 0.321 e. The van der Waals surface area contributed by atoms with Crippen LogP contribution in [-0.4, -0.2) is 43.2 Å². The van der Waals surface area contributed by atoms with Crippen molar-refractivity contribution in [3.63, 3.8) is 0 Å². The number of aryl methyl sites for hydroxylation is 1. The van der Waals surface area contributed by atoms with Crippen molar-refractivity contribution in [3.8, 4) is 5.75 Å². The molecular weight excluding hydrogens is 346 g/mol. The van der Waals surface area contributed by atoms with E-state index in [0.29, 0.717) is 24.5 Å². The van der Waals surface area contributed by atoms with E-state index in [0.717, 1.165) is 11.3 Å². The third-order valence-corrected chi connectivity index (χ3v) is 3.93. The molecule has 0 fully saturated rings. The third kappa shape index (κ3) is 6.63.